The van der Waals surface area contributed by atoms with Crippen LogP contribution in [0.2, 0.25) is 0 Å². The Hall–Kier alpha value is -2.17. The third kappa shape index (κ3) is 3.12. The molecule has 0 radical (unpaired) electrons. The molecule has 0 saturated heterocycles. The third-order valence-corrected chi connectivity index (χ3v) is 4.70. The van der Waals surface area contributed by atoms with Crippen LogP contribution in [0.15, 0.2) is 33.7 Å². The molecule has 0 aliphatic carbocycles. The highest BCUT2D eigenvalue weighted by Crippen LogP contribution is 2.23. The first kappa shape index (κ1) is 15.2. The van der Waals surface area contributed by atoms with Gasteiger partial charge in [-0.2, -0.15) is 5.26 Å². The molecule has 0 saturated carbocycles. The predicted molar refractivity (Wildman–Crippen MR) is 75.9 cm³/mol. The van der Waals surface area contributed by atoms with E-state index < -0.39 is 16.1 Å². The second-order valence-corrected chi connectivity index (χ2v) is 6.43. The molecule has 0 aliphatic heterocycles. The molecule has 0 spiro atoms. The molecule has 0 amide bonds. The number of hydrogen-bond donors (Lipinski definition) is 1. The van der Waals surface area contributed by atoms with Crippen LogP contribution >= 0.6 is 0 Å². The van der Waals surface area contributed by atoms with Crippen molar-refractivity contribution in [2.75, 3.05) is 0 Å². The number of rotatable bonds is 4. The van der Waals surface area contributed by atoms with E-state index in [4.69, 9.17) is 9.78 Å². The fourth-order valence-electron chi connectivity index (χ4n) is 2.18. The average Bonchev–Trinajstić information content (AvgIpc) is 2.77. The van der Waals surface area contributed by atoms with E-state index in [-0.39, 0.29) is 4.90 Å². The van der Waals surface area contributed by atoms with Crippen LogP contribution in [0.25, 0.3) is 0 Å². The number of hydrogen-bond acceptors (Lipinski definition) is 5. The minimum Gasteiger partial charge on any atom is -0.361 e. The molecule has 1 N–H and O–H groups in total. The summed E-state index contributed by atoms with van der Waals surface area (Å²) >= 11 is 0. The predicted octanol–water partition coefficient (Wildman–Crippen LogP) is 2.20. The largest absolute Gasteiger partial charge is 0.361 e. The molecule has 7 heteroatoms. The normalized spacial score (nSPS) is 12.9. The Morgan fingerprint density at radius 3 is 2.38 bits per heavy atom. The molecule has 21 heavy (non-hydrogen) atoms. The third-order valence-electron chi connectivity index (χ3n) is 3.15. The van der Waals surface area contributed by atoms with Crippen molar-refractivity contribution in [3.8, 4) is 6.07 Å². The van der Waals surface area contributed by atoms with Gasteiger partial charge in [-0.05, 0) is 45.0 Å². The van der Waals surface area contributed by atoms with Gasteiger partial charge >= 0.3 is 0 Å². The van der Waals surface area contributed by atoms with Gasteiger partial charge in [0.25, 0.3) is 0 Å². The second kappa shape index (κ2) is 5.68. The van der Waals surface area contributed by atoms with Gasteiger partial charge in [0.15, 0.2) is 0 Å². The van der Waals surface area contributed by atoms with E-state index in [1.54, 1.807) is 20.8 Å². The van der Waals surface area contributed by atoms with Gasteiger partial charge in [-0.3, -0.25) is 0 Å². The Balaban J connectivity index is 2.27. The lowest BCUT2D eigenvalue weighted by molar-refractivity contribution is 0.391. The first-order valence-corrected chi connectivity index (χ1v) is 7.78. The Morgan fingerprint density at radius 2 is 1.90 bits per heavy atom. The topological polar surface area (TPSA) is 96.0 Å². The minimum atomic E-state index is -3.67. The van der Waals surface area contributed by atoms with E-state index in [1.807, 2.05) is 6.07 Å². The van der Waals surface area contributed by atoms with Crippen molar-refractivity contribution in [1.82, 2.24) is 9.88 Å². The molecule has 0 bridgehead atoms. The van der Waals surface area contributed by atoms with Gasteiger partial charge < -0.3 is 4.52 Å². The smallest absolute Gasteiger partial charge is 0.241 e. The minimum absolute atomic E-state index is 0.111. The van der Waals surface area contributed by atoms with Crippen molar-refractivity contribution >= 4 is 10.0 Å². The molecule has 1 aromatic carbocycles. The molecule has 1 atom stereocenters. The van der Waals surface area contributed by atoms with E-state index in [0.29, 0.717) is 17.0 Å². The number of sulfonamides is 1. The van der Waals surface area contributed by atoms with Gasteiger partial charge in [-0.15, -0.1) is 0 Å². The van der Waals surface area contributed by atoms with Gasteiger partial charge in [-0.1, -0.05) is 5.16 Å². The molecule has 0 aliphatic rings. The van der Waals surface area contributed by atoms with Crippen LogP contribution in [0.3, 0.4) is 0 Å². The molecule has 2 aromatic rings. The van der Waals surface area contributed by atoms with E-state index in [0.717, 1.165) is 5.56 Å². The van der Waals surface area contributed by atoms with Gasteiger partial charge in [-0.25, -0.2) is 13.1 Å². The summed E-state index contributed by atoms with van der Waals surface area (Å²) in [4.78, 5) is 0.111. The summed E-state index contributed by atoms with van der Waals surface area (Å²) in [6.45, 7) is 5.23. The van der Waals surface area contributed by atoms with E-state index in [2.05, 4.69) is 9.88 Å². The van der Waals surface area contributed by atoms with Crippen molar-refractivity contribution in [2.24, 2.45) is 0 Å². The molecule has 2 rings (SSSR count). The van der Waals surface area contributed by atoms with Gasteiger partial charge in [0, 0.05) is 11.6 Å². The number of nitrogens with one attached hydrogen (secondary N) is 1. The molecule has 0 fully saturated rings. The molecular weight excluding hydrogens is 290 g/mol. The van der Waals surface area contributed by atoms with Crippen LogP contribution in [-0.4, -0.2) is 13.6 Å². The maximum atomic E-state index is 12.3. The van der Waals surface area contributed by atoms with Crippen LogP contribution in [0.4, 0.5) is 0 Å². The molecule has 6 nitrogen and oxygen atoms in total. The average molecular weight is 305 g/mol. The lowest BCUT2D eigenvalue weighted by Crippen LogP contribution is -2.27. The summed E-state index contributed by atoms with van der Waals surface area (Å²) < 4.78 is 32.3. The number of benzene rings is 1. The zero-order valence-corrected chi connectivity index (χ0v) is 12.7. The molecule has 1 aromatic heterocycles. The number of aromatic nitrogens is 1. The number of nitriles is 1. The van der Waals surface area contributed by atoms with E-state index in [9.17, 15) is 8.42 Å². The highest BCUT2D eigenvalue weighted by Gasteiger charge is 2.23. The lowest BCUT2D eigenvalue weighted by Gasteiger charge is -2.14. The fourth-order valence-corrected chi connectivity index (χ4v) is 3.39. The van der Waals surface area contributed by atoms with Crippen LogP contribution < -0.4 is 4.72 Å². The lowest BCUT2D eigenvalue weighted by atomic mass is 10.1. The molecule has 110 valence electrons. The van der Waals surface area contributed by atoms with Crippen LogP contribution in [0, 0.1) is 25.2 Å². The molecule has 1 unspecified atom stereocenters. The fraction of sp³-hybridized carbons (Fsp3) is 0.286. The van der Waals surface area contributed by atoms with Crippen molar-refractivity contribution in [1.29, 1.82) is 5.26 Å². The Bertz CT molecular complexity index is 766. The first-order valence-electron chi connectivity index (χ1n) is 6.30. The summed E-state index contributed by atoms with van der Waals surface area (Å²) in [6.07, 6.45) is 0. The zero-order valence-electron chi connectivity index (χ0n) is 11.9. The monoisotopic (exact) mass is 305 g/mol. The van der Waals surface area contributed by atoms with Crippen molar-refractivity contribution in [2.45, 2.75) is 31.7 Å². The zero-order chi connectivity index (χ0) is 15.6. The number of aryl methyl sites for hydroxylation is 2. The van der Waals surface area contributed by atoms with Gasteiger partial charge in [0.2, 0.25) is 10.0 Å². The summed E-state index contributed by atoms with van der Waals surface area (Å²) in [6, 6.07) is 7.23. The maximum absolute atomic E-state index is 12.3. The Morgan fingerprint density at radius 1 is 1.29 bits per heavy atom. The van der Waals surface area contributed by atoms with Crippen LogP contribution in [-0.2, 0) is 10.0 Å². The highest BCUT2D eigenvalue weighted by molar-refractivity contribution is 7.89. The van der Waals surface area contributed by atoms with Crippen molar-refractivity contribution in [3.63, 3.8) is 0 Å². The summed E-state index contributed by atoms with van der Waals surface area (Å²) in [5.41, 5.74) is 1.79. The Labute approximate surface area is 123 Å². The van der Waals surface area contributed by atoms with Crippen LogP contribution in [0.1, 0.15) is 35.5 Å². The highest BCUT2D eigenvalue weighted by atomic mass is 32.2. The van der Waals surface area contributed by atoms with Crippen LogP contribution in [0.5, 0.6) is 0 Å². The summed E-state index contributed by atoms with van der Waals surface area (Å²) in [5.74, 6) is 0.586. The Kier molecular flexibility index (Phi) is 4.11. The van der Waals surface area contributed by atoms with E-state index >= 15 is 0 Å². The van der Waals surface area contributed by atoms with E-state index in [1.165, 1.54) is 24.3 Å². The molecule has 1 heterocycles. The van der Waals surface area contributed by atoms with Crippen molar-refractivity contribution in [3.05, 3.63) is 46.8 Å². The molecular formula is C14H15N3O3S. The standard InChI is InChI=1S/C14H15N3O3S/c1-9-14(11(3)20-16-9)10(2)17-21(18,19)13-6-4-12(8-15)5-7-13/h4-7,10,17H,1-3H3. The first-order chi connectivity index (χ1) is 9.85. The van der Waals surface area contributed by atoms with Gasteiger partial charge in [0.1, 0.15) is 5.76 Å². The van der Waals surface area contributed by atoms with Crippen molar-refractivity contribution < 1.29 is 12.9 Å². The SMILES string of the molecule is Cc1noc(C)c1C(C)NS(=O)(=O)c1ccc(C#N)cc1. The second-order valence-electron chi connectivity index (χ2n) is 4.72. The summed E-state index contributed by atoms with van der Waals surface area (Å²) in [5, 5.41) is 12.5. The van der Waals surface area contributed by atoms with Gasteiger partial charge in [0.05, 0.1) is 22.2 Å². The summed E-state index contributed by atoms with van der Waals surface area (Å²) in [7, 11) is -3.67. The maximum Gasteiger partial charge on any atom is 0.241 e. The number of nitrogens with zero attached hydrogens (tertiary/aromatic N) is 2. The quantitative estimate of drug-likeness (QED) is 0.934.